The number of rotatable bonds is 10. The Morgan fingerprint density at radius 3 is 1.81 bits per heavy atom. The quantitative estimate of drug-likeness (QED) is 0.685. The van der Waals surface area contributed by atoms with Crippen LogP contribution >= 0.6 is 0 Å². The van der Waals surface area contributed by atoms with E-state index in [2.05, 4.69) is 0 Å². The summed E-state index contributed by atoms with van der Waals surface area (Å²) in [5, 5.41) is 9.60. The van der Waals surface area contributed by atoms with Crippen molar-refractivity contribution < 1.29 is 18.3 Å². The van der Waals surface area contributed by atoms with Gasteiger partial charge in [-0.2, -0.15) is 0 Å². The molecule has 5 heteroatoms. The fraction of sp³-hybridized carbons (Fsp3) is 0.381. The highest BCUT2D eigenvalue weighted by Crippen LogP contribution is 2.27. The number of carbonyl (C=O) groups is 1. The molecule has 0 spiro atoms. The van der Waals surface area contributed by atoms with Crippen LogP contribution in [0.1, 0.15) is 37.3 Å². The molecule has 1 unspecified atom stereocenters. The highest BCUT2D eigenvalue weighted by Gasteiger charge is 2.45. The van der Waals surface area contributed by atoms with Gasteiger partial charge in [0, 0.05) is 0 Å². The number of carboxylic acid groups (broad SMARTS) is 1. The lowest BCUT2D eigenvalue weighted by Crippen LogP contribution is -2.45. The van der Waals surface area contributed by atoms with Gasteiger partial charge in [-0.25, -0.2) is 8.42 Å². The second-order valence-corrected chi connectivity index (χ2v) is 9.32. The number of hydrogen-bond donors (Lipinski definition) is 1. The van der Waals surface area contributed by atoms with E-state index in [0.717, 1.165) is 11.1 Å². The average Bonchev–Trinajstić information content (AvgIpc) is 2.63. The Labute approximate surface area is 155 Å². The molecule has 1 N–H and O–H groups in total. The highest BCUT2D eigenvalue weighted by atomic mass is 32.2. The molecular formula is C21H26O4S. The van der Waals surface area contributed by atoms with Crippen LogP contribution in [-0.2, 0) is 27.5 Å². The number of hydrogen-bond acceptors (Lipinski definition) is 3. The lowest BCUT2D eigenvalue weighted by molar-refractivity contribution is -0.139. The van der Waals surface area contributed by atoms with Gasteiger partial charge in [-0.15, -0.1) is 0 Å². The van der Waals surface area contributed by atoms with Crippen molar-refractivity contribution in [2.45, 2.75) is 43.8 Å². The van der Waals surface area contributed by atoms with Gasteiger partial charge in [0.25, 0.3) is 0 Å². The van der Waals surface area contributed by atoms with Crippen molar-refractivity contribution in [3.63, 3.8) is 0 Å². The van der Waals surface area contributed by atoms with Gasteiger partial charge in [-0.05, 0) is 50.2 Å². The molecular weight excluding hydrogens is 348 g/mol. The predicted octanol–water partition coefficient (Wildman–Crippen LogP) is 3.90. The first-order chi connectivity index (χ1) is 12.3. The molecule has 140 valence electrons. The molecule has 0 saturated carbocycles. The van der Waals surface area contributed by atoms with Crippen molar-refractivity contribution in [2.75, 3.05) is 5.75 Å². The van der Waals surface area contributed by atoms with E-state index in [4.69, 9.17) is 0 Å². The molecule has 0 bridgehead atoms. The van der Waals surface area contributed by atoms with E-state index in [1.807, 2.05) is 60.7 Å². The molecule has 2 aromatic rings. The monoisotopic (exact) mass is 374 g/mol. The number of sulfone groups is 1. The van der Waals surface area contributed by atoms with Gasteiger partial charge >= 0.3 is 5.97 Å². The van der Waals surface area contributed by atoms with E-state index >= 15 is 0 Å². The number of aryl methyl sites for hydroxylation is 2. The van der Waals surface area contributed by atoms with Crippen LogP contribution < -0.4 is 0 Å². The van der Waals surface area contributed by atoms with Crippen molar-refractivity contribution >= 4 is 15.8 Å². The Hall–Kier alpha value is -2.14. The molecule has 0 heterocycles. The fourth-order valence-electron chi connectivity index (χ4n) is 3.01. The van der Waals surface area contributed by atoms with E-state index in [0.29, 0.717) is 25.7 Å². The van der Waals surface area contributed by atoms with E-state index in [9.17, 15) is 18.3 Å². The molecule has 4 nitrogen and oxygen atoms in total. The highest BCUT2D eigenvalue weighted by molar-refractivity contribution is 7.93. The van der Waals surface area contributed by atoms with Gasteiger partial charge in [0.15, 0.2) is 14.6 Å². The molecule has 0 radical (unpaired) electrons. The molecule has 2 rings (SSSR count). The summed E-state index contributed by atoms with van der Waals surface area (Å²) in [6, 6.07) is 19.3. The van der Waals surface area contributed by atoms with Gasteiger partial charge in [-0.3, -0.25) is 4.79 Å². The molecule has 2 aromatic carbocycles. The van der Waals surface area contributed by atoms with Crippen molar-refractivity contribution in [3.05, 3.63) is 71.8 Å². The second-order valence-electron chi connectivity index (χ2n) is 6.78. The zero-order valence-corrected chi connectivity index (χ0v) is 15.9. The normalized spacial score (nSPS) is 13.9. The number of benzene rings is 2. The van der Waals surface area contributed by atoms with E-state index < -0.39 is 20.6 Å². The number of carboxylic acids is 1. The van der Waals surface area contributed by atoms with Gasteiger partial charge in [0.05, 0.1) is 5.75 Å². The average molecular weight is 375 g/mol. The van der Waals surface area contributed by atoms with Crippen LogP contribution in [0, 0.1) is 0 Å². The van der Waals surface area contributed by atoms with Gasteiger partial charge in [0.1, 0.15) is 0 Å². The first-order valence-electron chi connectivity index (χ1n) is 8.89. The third-order valence-corrected chi connectivity index (χ3v) is 7.40. The maximum atomic E-state index is 12.7. The van der Waals surface area contributed by atoms with E-state index in [1.54, 1.807) is 0 Å². The minimum absolute atomic E-state index is 0.115. The lowest BCUT2D eigenvalue weighted by Gasteiger charge is -2.25. The Morgan fingerprint density at radius 1 is 0.885 bits per heavy atom. The van der Waals surface area contributed by atoms with Crippen LogP contribution in [-0.4, -0.2) is 30.0 Å². The Morgan fingerprint density at radius 2 is 1.35 bits per heavy atom. The van der Waals surface area contributed by atoms with Crippen LogP contribution in [0.4, 0.5) is 0 Å². The zero-order valence-electron chi connectivity index (χ0n) is 15.1. The molecule has 0 amide bonds. The smallest absolute Gasteiger partial charge is 0.324 e. The zero-order chi connectivity index (χ0) is 19.0. The van der Waals surface area contributed by atoms with Crippen molar-refractivity contribution in [1.82, 2.24) is 0 Å². The summed E-state index contributed by atoms with van der Waals surface area (Å²) in [6.45, 7) is 1.35. The molecule has 0 aliphatic carbocycles. The SMILES string of the molecule is CC(CCCc1ccccc1)(C(=O)O)S(=O)(=O)CCCc1ccccc1. The maximum absolute atomic E-state index is 12.7. The first kappa shape index (κ1) is 20.2. The fourth-order valence-corrected chi connectivity index (χ4v) is 4.70. The summed E-state index contributed by atoms with van der Waals surface area (Å²) in [5.74, 6) is -1.37. The Kier molecular flexibility index (Phi) is 6.98. The number of aliphatic carboxylic acids is 1. The van der Waals surface area contributed by atoms with Crippen LogP contribution in [0.2, 0.25) is 0 Å². The van der Waals surface area contributed by atoms with Gasteiger partial charge < -0.3 is 5.11 Å². The Balaban J connectivity index is 1.97. The van der Waals surface area contributed by atoms with Crippen LogP contribution in [0.25, 0.3) is 0 Å². The molecule has 0 saturated heterocycles. The summed E-state index contributed by atoms with van der Waals surface area (Å²) in [4.78, 5) is 11.8. The van der Waals surface area contributed by atoms with E-state index in [1.165, 1.54) is 6.92 Å². The van der Waals surface area contributed by atoms with Gasteiger partial charge in [0.2, 0.25) is 0 Å². The topological polar surface area (TPSA) is 71.4 Å². The molecule has 1 atom stereocenters. The van der Waals surface area contributed by atoms with Crippen LogP contribution in [0.15, 0.2) is 60.7 Å². The summed E-state index contributed by atoms with van der Waals surface area (Å²) in [6.07, 6.45) is 2.35. The molecule has 26 heavy (non-hydrogen) atoms. The Bertz CT molecular complexity index is 800. The molecule has 0 aliphatic heterocycles. The summed E-state index contributed by atoms with van der Waals surface area (Å²) in [7, 11) is -3.75. The van der Waals surface area contributed by atoms with Crippen molar-refractivity contribution in [3.8, 4) is 0 Å². The first-order valence-corrected chi connectivity index (χ1v) is 10.5. The third kappa shape index (κ3) is 5.18. The molecule has 0 aliphatic rings. The van der Waals surface area contributed by atoms with Crippen LogP contribution in [0.3, 0.4) is 0 Å². The summed E-state index contributed by atoms with van der Waals surface area (Å²) < 4.78 is 23.8. The second kappa shape index (κ2) is 8.99. The standard InChI is InChI=1S/C21H26O4S/c1-21(20(22)23,16-8-14-18-10-4-2-5-11-18)26(24,25)17-9-15-19-12-6-3-7-13-19/h2-7,10-13H,8-9,14-17H2,1H3,(H,22,23). The van der Waals surface area contributed by atoms with Crippen molar-refractivity contribution in [1.29, 1.82) is 0 Å². The maximum Gasteiger partial charge on any atom is 0.324 e. The minimum Gasteiger partial charge on any atom is -0.480 e. The van der Waals surface area contributed by atoms with Crippen LogP contribution in [0.5, 0.6) is 0 Å². The molecule has 0 aromatic heterocycles. The molecule has 0 fully saturated rings. The van der Waals surface area contributed by atoms with E-state index in [-0.39, 0.29) is 12.2 Å². The summed E-state index contributed by atoms with van der Waals surface area (Å²) >= 11 is 0. The third-order valence-electron chi connectivity index (χ3n) is 4.82. The predicted molar refractivity (Wildman–Crippen MR) is 104 cm³/mol. The largest absolute Gasteiger partial charge is 0.480 e. The lowest BCUT2D eigenvalue weighted by atomic mass is 10.0. The van der Waals surface area contributed by atoms with Crippen molar-refractivity contribution in [2.24, 2.45) is 0 Å². The summed E-state index contributed by atoms with van der Waals surface area (Å²) in [5.41, 5.74) is 2.14. The minimum atomic E-state index is -3.75. The van der Waals surface area contributed by atoms with Gasteiger partial charge in [-0.1, -0.05) is 60.7 Å².